The van der Waals surface area contributed by atoms with E-state index < -0.39 is 11.6 Å². The Morgan fingerprint density at radius 1 is 1.36 bits per heavy atom. The summed E-state index contributed by atoms with van der Waals surface area (Å²) in [5.41, 5.74) is 6.39. The van der Waals surface area contributed by atoms with Crippen LogP contribution >= 0.6 is 11.3 Å². The second-order valence-corrected chi connectivity index (χ2v) is 9.50. The monoisotopic (exact) mass is 405 g/mol. The van der Waals surface area contributed by atoms with Gasteiger partial charge in [-0.1, -0.05) is 0 Å². The summed E-state index contributed by atoms with van der Waals surface area (Å²) in [6, 6.07) is 2.01. The number of nitrogens with zero attached hydrogens (tertiary/aromatic N) is 2. The van der Waals surface area contributed by atoms with Crippen molar-refractivity contribution in [3.05, 3.63) is 21.4 Å². The summed E-state index contributed by atoms with van der Waals surface area (Å²) in [6.45, 7) is 7.01. The van der Waals surface area contributed by atoms with Crippen LogP contribution in [0.5, 0.6) is 0 Å². The molecule has 0 spiro atoms. The third-order valence-corrected chi connectivity index (χ3v) is 5.86. The summed E-state index contributed by atoms with van der Waals surface area (Å²) in [5, 5.41) is 9.30. The van der Waals surface area contributed by atoms with Crippen LogP contribution in [0, 0.1) is 5.92 Å². The van der Waals surface area contributed by atoms with Crippen molar-refractivity contribution in [1.29, 1.82) is 0 Å². The Bertz CT molecular complexity index is 827. The summed E-state index contributed by atoms with van der Waals surface area (Å²) in [5.74, 6) is -0.164. The number of amides is 1. The molecule has 1 saturated heterocycles. The highest BCUT2D eigenvalue weighted by molar-refractivity contribution is 7.13. The molecule has 1 aromatic heterocycles. The third-order valence-electron chi connectivity index (χ3n) is 4.76. The van der Waals surface area contributed by atoms with E-state index in [1.807, 2.05) is 26.8 Å². The summed E-state index contributed by atoms with van der Waals surface area (Å²) >= 11 is 1.57. The lowest BCUT2D eigenvalue weighted by Crippen LogP contribution is -2.42. The zero-order valence-corrected chi connectivity index (χ0v) is 17.3. The maximum Gasteiger partial charge on any atom is 0.410 e. The number of carbonyl (C=O) groups is 2. The Kier molecular flexibility index (Phi) is 5.79. The number of rotatable bonds is 3. The lowest BCUT2D eigenvalue weighted by Gasteiger charge is -2.33. The van der Waals surface area contributed by atoms with E-state index in [-0.39, 0.29) is 18.1 Å². The fourth-order valence-corrected chi connectivity index (χ4v) is 4.59. The Labute approximate surface area is 168 Å². The number of aliphatic imine (C=N–C) groups is 1. The average Bonchev–Trinajstić information content (AvgIpc) is 2.86. The minimum atomic E-state index is -0.963. The molecule has 1 fully saturated rings. The molecule has 0 unspecified atom stereocenters. The molecule has 0 aromatic carbocycles. The number of hydrogen-bond acceptors (Lipinski definition) is 6. The summed E-state index contributed by atoms with van der Waals surface area (Å²) < 4.78 is 5.45. The van der Waals surface area contributed by atoms with Crippen LogP contribution in [0.1, 0.15) is 49.8 Å². The van der Waals surface area contributed by atoms with Gasteiger partial charge in [0.25, 0.3) is 0 Å². The van der Waals surface area contributed by atoms with Crippen LogP contribution < -0.4 is 5.73 Å². The molecule has 0 aliphatic carbocycles. The van der Waals surface area contributed by atoms with Gasteiger partial charge in [-0.15, -0.1) is 11.3 Å². The minimum absolute atomic E-state index is 0.162. The minimum Gasteiger partial charge on any atom is -0.478 e. The molecule has 2 aliphatic rings. The Hall–Kier alpha value is -2.35. The topological polar surface area (TPSA) is 105 Å². The zero-order chi connectivity index (χ0) is 20.5. The highest BCUT2D eigenvalue weighted by atomic mass is 32.1. The highest BCUT2D eigenvalue weighted by Crippen LogP contribution is 2.36. The predicted molar refractivity (Wildman–Crippen MR) is 110 cm³/mol. The first kappa shape index (κ1) is 20.4. The van der Waals surface area contributed by atoms with Gasteiger partial charge in [-0.05, 0) is 58.1 Å². The van der Waals surface area contributed by atoms with Gasteiger partial charge in [0.2, 0.25) is 0 Å². The van der Waals surface area contributed by atoms with Crippen LogP contribution in [0.25, 0.3) is 6.08 Å². The second-order valence-electron chi connectivity index (χ2n) is 8.33. The molecular formula is C20H27N3O4S. The molecule has 1 amide bonds. The first-order valence-corrected chi connectivity index (χ1v) is 10.3. The largest absolute Gasteiger partial charge is 0.478 e. The van der Waals surface area contributed by atoms with Crippen LogP contribution in [0.2, 0.25) is 0 Å². The first-order chi connectivity index (χ1) is 13.1. The number of hydrogen-bond donors (Lipinski definition) is 2. The number of carboxylic acids is 1. The molecule has 28 heavy (non-hydrogen) atoms. The quantitative estimate of drug-likeness (QED) is 0.796. The SMILES string of the molecule is CC(C)(C)OC(=O)N1CCC(Cc2cc3c(s2)C=C(C(=O)O)CC(N)=N3)CC1. The van der Waals surface area contributed by atoms with Crippen molar-refractivity contribution in [1.82, 2.24) is 4.90 Å². The van der Waals surface area contributed by atoms with Crippen molar-refractivity contribution >= 4 is 41.0 Å². The van der Waals surface area contributed by atoms with Gasteiger partial charge in [0.15, 0.2) is 0 Å². The summed E-state index contributed by atoms with van der Waals surface area (Å²) in [7, 11) is 0. The maximum absolute atomic E-state index is 12.2. The second kappa shape index (κ2) is 7.95. The third kappa shape index (κ3) is 5.13. The van der Waals surface area contributed by atoms with Crippen molar-refractivity contribution in [2.75, 3.05) is 13.1 Å². The lowest BCUT2D eigenvalue weighted by molar-refractivity contribution is -0.132. The number of aliphatic carboxylic acids is 1. The molecule has 8 heteroatoms. The van der Waals surface area contributed by atoms with Crippen LogP contribution in [0.15, 0.2) is 16.6 Å². The Morgan fingerprint density at radius 3 is 2.64 bits per heavy atom. The van der Waals surface area contributed by atoms with Crippen LogP contribution in [0.3, 0.4) is 0 Å². The number of carboxylic acid groups (broad SMARTS) is 1. The molecule has 3 rings (SSSR count). The van der Waals surface area contributed by atoms with Crippen molar-refractivity contribution in [3.8, 4) is 0 Å². The van der Waals surface area contributed by atoms with Gasteiger partial charge in [-0.25, -0.2) is 14.6 Å². The number of likely N-dealkylation sites (tertiary alicyclic amines) is 1. The molecule has 0 atom stereocenters. The number of ether oxygens (including phenoxy) is 1. The molecule has 3 heterocycles. The van der Waals surface area contributed by atoms with E-state index in [1.165, 1.54) is 4.88 Å². The Balaban J connectivity index is 1.62. The number of piperidine rings is 1. The summed E-state index contributed by atoms with van der Waals surface area (Å²) in [6.07, 6.45) is 4.33. The van der Waals surface area contributed by atoms with Crippen LogP contribution in [-0.2, 0) is 16.0 Å². The molecule has 3 N–H and O–H groups in total. The number of fused-ring (bicyclic) bond motifs is 1. The number of nitrogens with two attached hydrogens (primary N) is 1. The molecular weight excluding hydrogens is 378 g/mol. The molecule has 0 saturated carbocycles. The van der Waals surface area contributed by atoms with E-state index >= 15 is 0 Å². The van der Waals surface area contributed by atoms with Crippen molar-refractivity contribution in [2.45, 2.75) is 52.1 Å². The number of carbonyl (C=O) groups excluding carboxylic acids is 1. The first-order valence-electron chi connectivity index (χ1n) is 9.48. The highest BCUT2D eigenvalue weighted by Gasteiger charge is 2.27. The van der Waals surface area contributed by atoms with E-state index in [1.54, 1.807) is 22.3 Å². The van der Waals surface area contributed by atoms with Crippen LogP contribution in [0.4, 0.5) is 10.5 Å². The molecule has 152 valence electrons. The van der Waals surface area contributed by atoms with E-state index in [9.17, 15) is 14.7 Å². The fourth-order valence-electron chi connectivity index (χ4n) is 3.40. The predicted octanol–water partition coefficient (Wildman–Crippen LogP) is 3.80. The molecule has 7 nitrogen and oxygen atoms in total. The van der Waals surface area contributed by atoms with E-state index in [4.69, 9.17) is 10.5 Å². The van der Waals surface area contributed by atoms with Crippen molar-refractivity contribution < 1.29 is 19.4 Å². The molecule has 0 radical (unpaired) electrons. The smallest absolute Gasteiger partial charge is 0.410 e. The van der Waals surface area contributed by atoms with E-state index in [0.29, 0.717) is 24.8 Å². The van der Waals surface area contributed by atoms with Gasteiger partial charge >= 0.3 is 12.1 Å². The van der Waals surface area contributed by atoms with Crippen LogP contribution in [-0.4, -0.2) is 46.6 Å². The summed E-state index contributed by atoms with van der Waals surface area (Å²) in [4.78, 5) is 31.7. The lowest BCUT2D eigenvalue weighted by atomic mass is 9.93. The number of thiophene rings is 1. The van der Waals surface area contributed by atoms with Gasteiger partial charge in [-0.2, -0.15) is 0 Å². The van der Waals surface area contributed by atoms with Gasteiger partial charge in [0, 0.05) is 30.0 Å². The molecule has 0 bridgehead atoms. The van der Waals surface area contributed by atoms with Gasteiger partial charge in [-0.3, -0.25) is 0 Å². The normalized spacial score (nSPS) is 18.0. The van der Waals surface area contributed by atoms with E-state index in [2.05, 4.69) is 4.99 Å². The van der Waals surface area contributed by atoms with E-state index in [0.717, 1.165) is 29.8 Å². The van der Waals surface area contributed by atoms with Crippen molar-refractivity contribution in [2.24, 2.45) is 16.6 Å². The van der Waals surface area contributed by atoms with Crippen molar-refractivity contribution in [3.63, 3.8) is 0 Å². The fraction of sp³-hybridized carbons (Fsp3) is 0.550. The Morgan fingerprint density at radius 2 is 2.04 bits per heavy atom. The standard InChI is InChI=1S/C20H27N3O4S/c1-20(2,3)27-19(26)23-6-4-12(5-7-23)8-14-11-15-16(28-14)9-13(18(24)25)10-17(21)22-15/h9,11-12H,4-8,10H2,1-3H3,(H2,21,22)(H,24,25). The average molecular weight is 406 g/mol. The van der Waals surface area contributed by atoms with Gasteiger partial charge in [0.1, 0.15) is 11.4 Å². The molecule has 1 aromatic rings. The van der Waals surface area contributed by atoms with Gasteiger partial charge < -0.3 is 20.5 Å². The van der Waals surface area contributed by atoms with Gasteiger partial charge in [0.05, 0.1) is 10.6 Å². The molecule has 2 aliphatic heterocycles. The maximum atomic E-state index is 12.2. The number of amidine groups is 1. The zero-order valence-electron chi connectivity index (χ0n) is 16.5.